The molecule has 0 spiro atoms. The zero-order chi connectivity index (χ0) is 28.8. The van der Waals surface area contributed by atoms with Crippen LogP contribution in [0.5, 0.6) is 5.75 Å². The molecular formula is C28H33N7O5. The summed E-state index contributed by atoms with van der Waals surface area (Å²) in [5.74, 6) is -0.390. The first-order chi connectivity index (χ1) is 19.2. The second-order valence-corrected chi connectivity index (χ2v) is 9.18. The van der Waals surface area contributed by atoms with E-state index in [2.05, 4.69) is 20.7 Å². The second kappa shape index (κ2) is 12.3. The zero-order valence-corrected chi connectivity index (χ0v) is 22.9. The van der Waals surface area contributed by atoms with Crippen LogP contribution in [0.4, 0.5) is 10.7 Å². The third-order valence-electron chi connectivity index (χ3n) is 6.35. The highest BCUT2D eigenvalue weighted by atomic mass is 16.6. The normalized spacial score (nSPS) is 11.7. The van der Waals surface area contributed by atoms with Gasteiger partial charge in [0.2, 0.25) is 11.9 Å². The predicted molar refractivity (Wildman–Crippen MR) is 149 cm³/mol. The fourth-order valence-corrected chi connectivity index (χ4v) is 4.40. The molecule has 40 heavy (non-hydrogen) atoms. The number of fused-ring (bicyclic) bond motifs is 1. The molecule has 4 aromatic rings. The number of benzene rings is 2. The molecule has 0 bridgehead atoms. The summed E-state index contributed by atoms with van der Waals surface area (Å²) in [4.78, 5) is 42.0. The van der Waals surface area contributed by atoms with E-state index >= 15 is 0 Å². The number of ether oxygens (including phenoxy) is 2. The van der Waals surface area contributed by atoms with Crippen molar-refractivity contribution in [2.75, 3.05) is 19.0 Å². The van der Waals surface area contributed by atoms with Gasteiger partial charge in [0.25, 0.3) is 5.91 Å². The average molecular weight is 548 g/mol. The van der Waals surface area contributed by atoms with Crippen LogP contribution in [0.15, 0.2) is 48.5 Å². The maximum absolute atomic E-state index is 13.2. The molecule has 4 rings (SSSR count). The first kappa shape index (κ1) is 28.1. The lowest BCUT2D eigenvalue weighted by Crippen LogP contribution is -2.27. The minimum Gasteiger partial charge on any atom is -0.494 e. The molecule has 0 saturated carbocycles. The molecule has 0 fully saturated rings. The highest BCUT2D eigenvalue weighted by Gasteiger charge is 2.21. The van der Waals surface area contributed by atoms with E-state index in [4.69, 9.17) is 15.2 Å². The number of anilines is 1. The summed E-state index contributed by atoms with van der Waals surface area (Å²) < 4.78 is 14.4. The Morgan fingerprint density at radius 2 is 1.88 bits per heavy atom. The van der Waals surface area contributed by atoms with Crippen molar-refractivity contribution in [2.45, 2.75) is 46.4 Å². The lowest BCUT2D eigenvalue weighted by Gasteiger charge is -2.15. The van der Waals surface area contributed by atoms with Crippen molar-refractivity contribution in [2.24, 2.45) is 5.73 Å². The van der Waals surface area contributed by atoms with Crippen LogP contribution in [0.25, 0.3) is 11.0 Å². The van der Waals surface area contributed by atoms with Crippen LogP contribution in [0.2, 0.25) is 0 Å². The molecule has 0 aliphatic carbocycles. The van der Waals surface area contributed by atoms with Crippen LogP contribution < -0.4 is 21.1 Å². The summed E-state index contributed by atoms with van der Waals surface area (Å²) in [6.07, 6.45) is -0.452. The van der Waals surface area contributed by atoms with Crippen molar-refractivity contribution < 1.29 is 23.9 Å². The van der Waals surface area contributed by atoms with Gasteiger partial charge in [0.15, 0.2) is 0 Å². The van der Waals surface area contributed by atoms with Crippen LogP contribution in [0, 0.1) is 6.92 Å². The monoisotopic (exact) mass is 547 g/mol. The molecule has 210 valence electrons. The molecule has 2 aromatic carbocycles. The summed E-state index contributed by atoms with van der Waals surface area (Å²) in [5.41, 5.74) is 8.72. The highest BCUT2D eigenvalue weighted by molar-refractivity contribution is 6.04. The van der Waals surface area contributed by atoms with Crippen molar-refractivity contribution in [1.82, 2.24) is 24.6 Å². The van der Waals surface area contributed by atoms with Gasteiger partial charge < -0.3 is 25.1 Å². The van der Waals surface area contributed by atoms with Crippen molar-refractivity contribution in [3.05, 3.63) is 71.0 Å². The molecule has 1 atom stereocenters. The number of hydrogen-bond acceptors (Lipinski definition) is 7. The summed E-state index contributed by atoms with van der Waals surface area (Å²) in [6.45, 7) is 6.70. The number of hydrogen-bond donors (Lipinski definition) is 3. The topological polar surface area (TPSA) is 155 Å². The van der Waals surface area contributed by atoms with E-state index in [0.717, 1.165) is 5.56 Å². The van der Waals surface area contributed by atoms with E-state index < -0.39 is 18.1 Å². The molecule has 2 heterocycles. The second-order valence-electron chi connectivity index (χ2n) is 9.18. The predicted octanol–water partition coefficient (Wildman–Crippen LogP) is 3.80. The number of aromatic nitrogens is 4. The molecule has 0 radical (unpaired) electrons. The maximum atomic E-state index is 13.2. The Balaban J connectivity index is 1.54. The summed E-state index contributed by atoms with van der Waals surface area (Å²) in [5, 5.41) is 9.97. The largest absolute Gasteiger partial charge is 0.494 e. The van der Waals surface area contributed by atoms with Gasteiger partial charge >= 0.3 is 6.09 Å². The number of aryl methyl sites for hydroxylation is 3. The SMILES string of the molecule is CCn1nc(C)cc1C(=O)Nc1nc2cc(C(N)=O)cc(OC)c2n1CCCNC(=O)O[C@H](C)c1ccccc1. The number of carbonyl (C=O) groups is 3. The van der Waals surface area contributed by atoms with Crippen molar-refractivity contribution in [3.8, 4) is 5.75 Å². The fourth-order valence-electron chi connectivity index (χ4n) is 4.40. The highest BCUT2D eigenvalue weighted by Crippen LogP contribution is 2.31. The van der Waals surface area contributed by atoms with E-state index in [1.165, 1.54) is 13.2 Å². The Kier molecular flexibility index (Phi) is 8.67. The molecular weight excluding hydrogens is 514 g/mol. The number of primary amides is 1. The number of nitrogens with one attached hydrogen (secondary N) is 2. The minimum atomic E-state index is -0.630. The molecule has 12 heteroatoms. The molecule has 3 amide bonds. The molecule has 0 unspecified atom stereocenters. The quantitative estimate of drug-likeness (QED) is 0.241. The first-order valence-corrected chi connectivity index (χ1v) is 12.9. The average Bonchev–Trinajstić information content (AvgIpc) is 3.50. The summed E-state index contributed by atoms with van der Waals surface area (Å²) in [6, 6.07) is 14.2. The van der Waals surface area contributed by atoms with Crippen molar-refractivity contribution in [3.63, 3.8) is 0 Å². The van der Waals surface area contributed by atoms with Gasteiger partial charge in [-0.1, -0.05) is 30.3 Å². The molecule has 0 aliphatic heterocycles. The van der Waals surface area contributed by atoms with E-state index in [0.29, 0.717) is 54.2 Å². The van der Waals surface area contributed by atoms with Gasteiger partial charge in [-0.15, -0.1) is 0 Å². The van der Waals surface area contributed by atoms with Crippen LogP contribution in [-0.2, 0) is 17.8 Å². The fraction of sp³-hybridized carbons (Fsp3) is 0.321. The van der Waals surface area contributed by atoms with Crippen LogP contribution >= 0.6 is 0 Å². The van der Waals surface area contributed by atoms with Gasteiger partial charge in [0.05, 0.1) is 18.3 Å². The smallest absolute Gasteiger partial charge is 0.407 e. The molecule has 12 nitrogen and oxygen atoms in total. The Labute approximate surface area is 231 Å². The summed E-state index contributed by atoms with van der Waals surface area (Å²) >= 11 is 0. The van der Waals surface area contributed by atoms with Crippen LogP contribution in [0.3, 0.4) is 0 Å². The Morgan fingerprint density at radius 3 is 2.55 bits per heavy atom. The number of alkyl carbamates (subject to hydrolysis) is 1. The van der Waals surface area contributed by atoms with Gasteiger partial charge in [-0.2, -0.15) is 5.10 Å². The third kappa shape index (κ3) is 6.22. The number of imidazole rings is 1. The standard InChI is InChI=1S/C28H33N7O5/c1-5-35-22(14-17(2)33-35)26(37)32-27-31-21-15-20(25(29)36)16-23(39-4)24(21)34(27)13-9-12-30-28(38)40-18(3)19-10-7-6-8-11-19/h6-8,10-11,14-16,18H,5,9,12-13H2,1-4H3,(H2,29,36)(H,30,38)(H,31,32,37)/t18-/m1/s1. The Hall–Kier alpha value is -4.87. The lowest BCUT2D eigenvalue weighted by atomic mass is 10.1. The first-order valence-electron chi connectivity index (χ1n) is 12.9. The van der Waals surface area contributed by atoms with Gasteiger partial charge in [0, 0.05) is 25.2 Å². The maximum Gasteiger partial charge on any atom is 0.407 e. The van der Waals surface area contributed by atoms with Gasteiger partial charge in [0.1, 0.15) is 23.1 Å². The number of nitrogens with two attached hydrogens (primary N) is 1. The molecule has 4 N–H and O–H groups in total. The van der Waals surface area contributed by atoms with Crippen molar-refractivity contribution in [1.29, 1.82) is 0 Å². The Bertz CT molecular complexity index is 1530. The molecule has 0 aliphatic rings. The number of methoxy groups -OCH3 is 1. The number of rotatable bonds is 11. The van der Waals surface area contributed by atoms with Crippen LogP contribution in [-0.4, -0.2) is 50.9 Å². The number of nitrogens with zero attached hydrogens (tertiary/aromatic N) is 4. The van der Waals surface area contributed by atoms with Gasteiger partial charge in [-0.05, 0) is 51.0 Å². The van der Waals surface area contributed by atoms with Crippen LogP contribution in [0.1, 0.15) is 58.5 Å². The van der Waals surface area contributed by atoms with Crippen molar-refractivity contribution >= 4 is 34.9 Å². The molecule has 2 aromatic heterocycles. The van der Waals surface area contributed by atoms with E-state index in [1.807, 2.05) is 44.2 Å². The number of carbonyl (C=O) groups excluding carboxylic acids is 3. The summed E-state index contributed by atoms with van der Waals surface area (Å²) in [7, 11) is 1.48. The van der Waals surface area contributed by atoms with E-state index in [9.17, 15) is 14.4 Å². The number of amides is 3. The third-order valence-corrected chi connectivity index (χ3v) is 6.35. The Morgan fingerprint density at radius 1 is 1.12 bits per heavy atom. The van der Waals surface area contributed by atoms with E-state index in [-0.39, 0.29) is 17.4 Å². The van der Waals surface area contributed by atoms with Gasteiger partial charge in [-0.25, -0.2) is 9.78 Å². The van der Waals surface area contributed by atoms with E-state index in [1.54, 1.807) is 28.3 Å². The van der Waals surface area contributed by atoms with Gasteiger partial charge in [-0.3, -0.25) is 19.6 Å². The lowest BCUT2D eigenvalue weighted by molar-refractivity contribution is 0.0995. The molecule has 0 saturated heterocycles. The zero-order valence-electron chi connectivity index (χ0n) is 22.9. The minimum absolute atomic E-state index is 0.225.